The van der Waals surface area contributed by atoms with E-state index in [0.717, 1.165) is 18.4 Å². The maximum Gasteiger partial charge on any atom is 0.255 e. The second-order valence-electron chi connectivity index (χ2n) is 6.23. The Balaban J connectivity index is 1.63. The zero-order chi connectivity index (χ0) is 17.1. The van der Waals surface area contributed by atoms with Gasteiger partial charge in [-0.05, 0) is 24.8 Å². The van der Waals surface area contributed by atoms with E-state index >= 15 is 0 Å². The molecule has 3 rings (SSSR count). The Morgan fingerprint density at radius 3 is 2.96 bits per heavy atom. The second-order valence-corrected chi connectivity index (χ2v) is 6.23. The normalized spacial score (nSPS) is 13.7. The van der Waals surface area contributed by atoms with Crippen molar-refractivity contribution >= 4 is 11.9 Å². The van der Waals surface area contributed by atoms with Gasteiger partial charge in [0.15, 0.2) is 0 Å². The lowest BCUT2D eigenvalue weighted by atomic mass is 10.1. The van der Waals surface area contributed by atoms with Gasteiger partial charge in [0.2, 0.25) is 11.9 Å². The minimum absolute atomic E-state index is 0.101. The van der Waals surface area contributed by atoms with Crippen molar-refractivity contribution in [2.75, 3.05) is 25.5 Å². The van der Waals surface area contributed by atoms with Crippen molar-refractivity contribution in [1.29, 1.82) is 0 Å². The molecule has 2 N–H and O–H groups in total. The summed E-state index contributed by atoms with van der Waals surface area (Å²) in [6.07, 6.45) is 6.28. The predicted octanol–water partition coefficient (Wildman–Crippen LogP) is 0.467. The standard InChI is InChI=1S/C16H22N6O2/c1-21(2)16-19-13-10-22(7-6-12(13)15(24)20-16)14(23)5-3-4-11-8-17-18-9-11/h8-9H,3-7,10H2,1-2H3,(H,17,18)(H,19,20,24). The number of aromatic nitrogens is 4. The number of nitrogens with zero attached hydrogens (tertiary/aromatic N) is 4. The quantitative estimate of drug-likeness (QED) is 0.830. The third-order valence-electron chi connectivity index (χ3n) is 4.25. The Morgan fingerprint density at radius 2 is 2.25 bits per heavy atom. The summed E-state index contributed by atoms with van der Waals surface area (Å²) in [5.74, 6) is 0.630. The van der Waals surface area contributed by atoms with E-state index in [1.807, 2.05) is 20.3 Å². The molecule has 0 aliphatic carbocycles. The van der Waals surface area contributed by atoms with Crippen LogP contribution in [0.25, 0.3) is 0 Å². The van der Waals surface area contributed by atoms with Crippen LogP contribution in [-0.4, -0.2) is 51.6 Å². The molecule has 1 aliphatic heterocycles. The van der Waals surface area contributed by atoms with Crippen molar-refractivity contribution in [1.82, 2.24) is 25.1 Å². The summed E-state index contributed by atoms with van der Waals surface area (Å²) < 4.78 is 0. The highest BCUT2D eigenvalue weighted by Gasteiger charge is 2.24. The molecule has 2 aromatic rings. The number of H-pyrrole nitrogens is 2. The molecule has 0 bridgehead atoms. The lowest BCUT2D eigenvalue weighted by Gasteiger charge is -2.28. The highest BCUT2D eigenvalue weighted by molar-refractivity contribution is 5.76. The van der Waals surface area contributed by atoms with Crippen molar-refractivity contribution < 1.29 is 4.79 Å². The molecule has 2 aromatic heterocycles. The van der Waals surface area contributed by atoms with E-state index in [1.54, 1.807) is 16.0 Å². The van der Waals surface area contributed by atoms with E-state index in [-0.39, 0.29) is 11.5 Å². The molecule has 0 saturated carbocycles. The molecule has 8 heteroatoms. The van der Waals surface area contributed by atoms with Gasteiger partial charge in [-0.2, -0.15) is 5.10 Å². The zero-order valence-corrected chi connectivity index (χ0v) is 14.0. The minimum atomic E-state index is -0.101. The van der Waals surface area contributed by atoms with Crippen LogP contribution in [0.1, 0.15) is 29.7 Å². The van der Waals surface area contributed by atoms with Crippen molar-refractivity contribution in [3.8, 4) is 0 Å². The second kappa shape index (κ2) is 6.86. The van der Waals surface area contributed by atoms with E-state index < -0.39 is 0 Å². The molecule has 0 fully saturated rings. The smallest absolute Gasteiger partial charge is 0.255 e. The molecular weight excluding hydrogens is 308 g/mol. The molecule has 0 aromatic carbocycles. The molecule has 24 heavy (non-hydrogen) atoms. The molecule has 128 valence electrons. The zero-order valence-electron chi connectivity index (χ0n) is 14.0. The Bertz CT molecular complexity index is 765. The highest BCUT2D eigenvalue weighted by atomic mass is 16.2. The number of hydrogen-bond acceptors (Lipinski definition) is 5. The number of fused-ring (bicyclic) bond motifs is 1. The first kappa shape index (κ1) is 16.2. The lowest BCUT2D eigenvalue weighted by molar-refractivity contribution is -0.132. The molecular formula is C16H22N6O2. The largest absolute Gasteiger partial charge is 0.348 e. The number of aromatic amines is 2. The fourth-order valence-corrected chi connectivity index (χ4v) is 2.87. The SMILES string of the molecule is CN(C)c1nc2c(c(=O)[nH]1)CCN(C(=O)CCCc1cn[nH]c1)C2. The van der Waals surface area contributed by atoms with Crippen molar-refractivity contribution in [2.45, 2.75) is 32.2 Å². The summed E-state index contributed by atoms with van der Waals surface area (Å²) in [6.45, 7) is 0.980. The summed E-state index contributed by atoms with van der Waals surface area (Å²) in [6, 6.07) is 0. The first-order valence-electron chi connectivity index (χ1n) is 8.09. The predicted molar refractivity (Wildman–Crippen MR) is 89.8 cm³/mol. The summed E-state index contributed by atoms with van der Waals surface area (Å²) in [7, 11) is 3.65. The van der Waals surface area contributed by atoms with Crippen LogP contribution in [0.3, 0.4) is 0 Å². The number of aryl methyl sites for hydroxylation is 1. The number of amides is 1. The van der Waals surface area contributed by atoms with Crippen LogP contribution in [-0.2, 0) is 24.2 Å². The maximum atomic E-state index is 12.4. The fraction of sp³-hybridized carbons (Fsp3) is 0.500. The van der Waals surface area contributed by atoms with E-state index in [2.05, 4.69) is 20.2 Å². The van der Waals surface area contributed by atoms with Crippen LogP contribution in [0, 0.1) is 0 Å². The first-order chi connectivity index (χ1) is 11.5. The van der Waals surface area contributed by atoms with E-state index in [0.29, 0.717) is 43.1 Å². The average molecular weight is 330 g/mol. The van der Waals surface area contributed by atoms with Crippen molar-refractivity contribution in [2.24, 2.45) is 0 Å². The number of nitrogens with one attached hydrogen (secondary N) is 2. The monoisotopic (exact) mass is 330 g/mol. The molecule has 0 radical (unpaired) electrons. The molecule has 3 heterocycles. The van der Waals surface area contributed by atoms with Crippen LogP contribution < -0.4 is 10.5 Å². The number of hydrogen-bond donors (Lipinski definition) is 2. The Labute approximate surface area is 139 Å². The minimum Gasteiger partial charge on any atom is -0.348 e. The van der Waals surface area contributed by atoms with Gasteiger partial charge in [-0.1, -0.05) is 0 Å². The molecule has 1 amide bonds. The molecule has 0 saturated heterocycles. The number of anilines is 1. The maximum absolute atomic E-state index is 12.4. The van der Waals surface area contributed by atoms with Gasteiger partial charge in [-0.15, -0.1) is 0 Å². The first-order valence-corrected chi connectivity index (χ1v) is 8.09. The Morgan fingerprint density at radius 1 is 1.42 bits per heavy atom. The topological polar surface area (TPSA) is 98.0 Å². The van der Waals surface area contributed by atoms with E-state index in [4.69, 9.17) is 0 Å². The van der Waals surface area contributed by atoms with Gasteiger partial charge in [0.25, 0.3) is 5.56 Å². The van der Waals surface area contributed by atoms with Gasteiger partial charge in [-0.3, -0.25) is 19.7 Å². The molecule has 0 atom stereocenters. The Hall–Kier alpha value is -2.64. The molecule has 0 unspecified atom stereocenters. The Kier molecular flexibility index (Phi) is 4.64. The summed E-state index contributed by atoms with van der Waals surface area (Å²) in [5, 5.41) is 6.67. The van der Waals surface area contributed by atoms with Crippen LogP contribution >= 0.6 is 0 Å². The van der Waals surface area contributed by atoms with Crippen molar-refractivity contribution in [3.63, 3.8) is 0 Å². The van der Waals surface area contributed by atoms with Crippen LogP contribution in [0.4, 0.5) is 5.95 Å². The van der Waals surface area contributed by atoms with Crippen LogP contribution in [0.5, 0.6) is 0 Å². The highest BCUT2D eigenvalue weighted by Crippen LogP contribution is 2.17. The average Bonchev–Trinajstić information content (AvgIpc) is 3.07. The summed E-state index contributed by atoms with van der Waals surface area (Å²) in [4.78, 5) is 35.4. The lowest BCUT2D eigenvalue weighted by Crippen LogP contribution is -2.39. The number of rotatable bonds is 5. The van der Waals surface area contributed by atoms with E-state index in [9.17, 15) is 9.59 Å². The van der Waals surface area contributed by atoms with Crippen LogP contribution in [0.2, 0.25) is 0 Å². The van der Waals surface area contributed by atoms with Gasteiger partial charge >= 0.3 is 0 Å². The molecule has 8 nitrogen and oxygen atoms in total. The molecule has 1 aliphatic rings. The van der Waals surface area contributed by atoms with Gasteiger partial charge in [0, 0.05) is 38.8 Å². The van der Waals surface area contributed by atoms with Gasteiger partial charge in [-0.25, -0.2) is 4.98 Å². The number of carbonyl (C=O) groups excluding carboxylic acids is 1. The van der Waals surface area contributed by atoms with Gasteiger partial charge < -0.3 is 9.80 Å². The van der Waals surface area contributed by atoms with Crippen molar-refractivity contribution in [3.05, 3.63) is 39.6 Å². The fourth-order valence-electron chi connectivity index (χ4n) is 2.87. The summed E-state index contributed by atoms with van der Waals surface area (Å²) >= 11 is 0. The van der Waals surface area contributed by atoms with E-state index in [1.165, 1.54) is 0 Å². The third-order valence-corrected chi connectivity index (χ3v) is 4.25. The summed E-state index contributed by atoms with van der Waals surface area (Å²) in [5.41, 5.74) is 2.41. The number of carbonyl (C=O) groups is 1. The van der Waals surface area contributed by atoms with Gasteiger partial charge in [0.05, 0.1) is 18.4 Å². The molecule has 0 spiro atoms. The van der Waals surface area contributed by atoms with Crippen LogP contribution in [0.15, 0.2) is 17.2 Å². The third kappa shape index (κ3) is 3.47. The van der Waals surface area contributed by atoms with Gasteiger partial charge in [0.1, 0.15) is 0 Å².